The second-order valence-electron chi connectivity index (χ2n) is 4.48. The van der Waals surface area contributed by atoms with E-state index in [1.54, 1.807) is 17.7 Å². The van der Waals surface area contributed by atoms with E-state index in [0.29, 0.717) is 6.54 Å². The van der Waals surface area contributed by atoms with Crippen molar-refractivity contribution < 1.29 is 0 Å². The molecule has 0 fully saturated rings. The quantitative estimate of drug-likeness (QED) is 0.743. The molecule has 3 aromatic rings. The van der Waals surface area contributed by atoms with Crippen LogP contribution in [0.3, 0.4) is 0 Å². The fourth-order valence-corrected chi connectivity index (χ4v) is 3.01. The molecule has 1 N–H and O–H groups in total. The summed E-state index contributed by atoms with van der Waals surface area (Å²) in [6.45, 7) is 2.54. The van der Waals surface area contributed by atoms with Crippen molar-refractivity contribution in [2.24, 2.45) is 0 Å². The fraction of sp³-hybridized carbons (Fsp3) is 0.125. The summed E-state index contributed by atoms with van der Waals surface area (Å²) < 4.78 is 0. The lowest BCUT2D eigenvalue weighted by molar-refractivity contribution is 1.20. The molecule has 20 heavy (non-hydrogen) atoms. The van der Waals surface area contributed by atoms with Crippen LogP contribution in [0.2, 0.25) is 0 Å². The first kappa shape index (κ1) is 12.6. The predicted molar refractivity (Wildman–Crippen MR) is 84.9 cm³/mol. The van der Waals surface area contributed by atoms with Crippen molar-refractivity contribution in [3.8, 4) is 23.5 Å². The Hall–Kier alpha value is -2.38. The molecule has 98 valence electrons. The van der Waals surface area contributed by atoms with Gasteiger partial charge in [0.25, 0.3) is 0 Å². The molecule has 0 aliphatic rings. The van der Waals surface area contributed by atoms with Crippen molar-refractivity contribution in [1.29, 1.82) is 0 Å². The van der Waals surface area contributed by atoms with Gasteiger partial charge in [0, 0.05) is 10.9 Å². The lowest BCUT2D eigenvalue weighted by Gasteiger charge is -2.06. The number of terminal acetylenes is 1. The molecule has 0 spiro atoms. The number of thiophene rings is 1. The van der Waals surface area contributed by atoms with Crippen LogP contribution in [0.15, 0.2) is 36.0 Å². The van der Waals surface area contributed by atoms with E-state index in [0.717, 1.165) is 21.6 Å². The van der Waals surface area contributed by atoms with Crippen molar-refractivity contribution >= 4 is 27.4 Å². The Kier molecular flexibility index (Phi) is 3.36. The van der Waals surface area contributed by atoms with Crippen molar-refractivity contribution in [2.75, 3.05) is 11.9 Å². The average Bonchev–Trinajstić information content (AvgIpc) is 2.90. The van der Waals surface area contributed by atoms with Gasteiger partial charge in [-0.05, 0) is 12.5 Å². The molecule has 0 saturated carbocycles. The Balaban J connectivity index is 2.16. The molecule has 2 aromatic heterocycles. The van der Waals surface area contributed by atoms with Crippen LogP contribution >= 0.6 is 11.3 Å². The smallest absolute Gasteiger partial charge is 0.139 e. The number of aryl methyl sites for hydroxylation is 1. The Bertz CT molecular complexity index is 782. The summed E-state index contributed by atoms with van der Waals surface area (Å²) >= 11 is 1.62. The first-order chi connectivity index (χ1) is 9.79. The van der Waals surface area contributed by atoms with Crippen molar-refractivity contribution in [3.05, 3.63) is 41.5 Å². The van der Waals surface area contributed by atoms with E-state index < -0.39 is 0 Å². The number of fused-ring (bicyclic) bond motifs is 1. The molecule has 3 nitrogen and oxygen atoms in total. The lowest BCUT2D eigenvalue weighted by atomic mass is 10.0. The monoisotopic (exact) mass is 279 g/mol. The van der Waals surface area contributed by atoms with Gasteiger partial charge in [-0.15, -0.1) is 17.8 Å². The highest BCUT2D eigenvalue weighted by Crippen LogP contribution is 2.36. The van der Waals surface area contributed by atoms with Gasteiger partial charge in [-0.25, -0.2) is 9.97 Å². The highest BCUT2D eigenvalue weighted by molar-refractivity contribution is 7.17. The molecule has 0 bridgehead atoms. The van der Waals surface area contributed by atoms with E-state index in [9.17, 15) is 0 Å². The maximum Gasteiger partial charge on any atom is 0.139 e. The zero-order valence-electron chi connectivity index (χ0n) is 11.1. The van der Waals surface area contributed by atoms with Crippen LogP contribution in [0.25, 0.3) is 21.3 Å². The van der Waals surface area contributed by atoms with E-state index in [1.165, 1.54) is 11.1 Å². The molecule has 0 aliphatic carbocycles. The van der Waals surface area contributed by atoms with Crippen LogP contribution in [-0.2, 0) is 0 Å². The molecular weight excluding hydrogens is 266 g/mol. The topological polar surface area (TPSA) is 37.8 Å². The highest BCUT2D eigenvalue weighted by atomic mass is 32.1. The van der Waals surface area contributed by atoms with Gasteiger partial charge in [0.05, 0.1) is 11.9 Å². The van der Waals surface area contributed by atoms with Gasteiger partial charge in [0.2, 0.25) is 0 Å². The second-order valence-corrected chi connectivity index (χ2v) is 5.33. The summed E-state index contributed by atoms with van der Waals surface area (Å²) in [6.07, 6.45) is 6.87. The maximum atomic E-state index is 5.31. The van der Waals surface area contributed by atoms with Crippen LogP contribution in [0.5, 0.6) is 0 Å². The van der Waals surface area contributed by atoms with Crippen LogP contribution in [0.1, 0.15) is 5.56 Å². The normalized spacial score (nSPS) is 10.4. The van der Waals surface area contributed by atoms with Gasteiger partial charge >= 0.3 is 0 Å². The van der Waals surface area contributed by atoms with E-state index in [2.05, 4.69) is 57.8 Å². The van der Waals surface area contributed by atoms with E-state index in [-0.39, 0.29) is 0 Å². The van der Waals surface area contributed by atoms with Gasteiger partial charge in [-0.3, -0.25) is 0 Å². The standard InChI is InChI=1S/C16H13N3S/c1-3-8-17-15-14-13(9-20-16(14)19-10-18-15)12-6-4-11(2)5-7-12/h1,4-7,9-10H,8H2,2H3,(H,17,18,19). The summed E-state index contributed by atoms with van der Waals surface area (Å²) in [4.78, 5) is 9.61. The Morgan fingerprint density at radius 1 is 1.25 bits per heavy atom. The molecule has 0 atom stereocenters. The molecule has 0 radical (unpaired) electrons. The van der Waals surface area contributed by atoms with E-state index >= 15 is 0 Å². The number of hydrogen-bond donors (Lipinski definition) is 1. The summed E-state index contributed by atoms with van der Waals surface area (Å²) in [6, 6.07) is 8.46. The Morgan fingerprint density at radius 3 is 2.80 bits per heavy atom. The van der Waals surface area contributed by atoms with Crippen molar-refractivity contribution in [1.82, 2.24) is 9.97 Å². The molecule has 0 unspecified atom stereocenters. The number of benzene rings is 1. The van der Waals surface area contributed by atoms with E-state index in [4.69, 9.17) is 6.42 Å². The van der Waals surface area contributed by atoms with Gasteiger partial charge in [0.15, 0.2) is 0 Å². The number of nitrogens with one attached hydrogen (secondary N) is 1. The van der Waals surface area contributed by atoms with Gasteiger partial charge in [0.1, 0.15) is 17.0 Å². The maximum absolute atomic E-state index is 5.31. The van der Waals surface area contributed by atoms with Gasteiger partial charge in [-0.1, -0.05) is 35.7 Å². The zero-order chi connectivity index (χ0) is 13.9. The molecule has 1 aromatic carbocycles. The summed E-state index contributed by atoms with van der Waals surface area (Å²) in [5, 5.41) is 6.32. The summed E-state index contributed by atoms with van der Waals surface area (Å²) in [5.41, 5.74) is 3.56. The number of anilines is 1. The third-order valence-corrected chi connectivity index (χ3v) is 3.98. The molecule has 4 heteroatoms. The second kappa shape index (κ2) is 5.32. The number of aromatic nitrogens is 2. The van der Waals surface area contributed by atoms with Gasteiger partial charge in [-0.2, -0.15) is 0 Å². The van der Waals surface area contributed by atoms with E-state index in [1.807, 2.05) is 0 Å². The molecular formula is C16H13N3S. The zero-order valence-corrected chi connectivity index (χ0v) is 11.9. The summed E-state index contributed by atoms with van der Waals surface area (Å²) in [5.74, 6) is 3.37. The number of nitrogens with zero attached hydrogens (tertiary/aromatic N) is 2. The van der Waals surface area contributed by atoms with Crippen molar-refractivity contribution in [3.63, 3.8) is 0 Å². The minimum absolute atomic E-state index is 0.454. The first-order valence-corrected chi connectivity index (χ1v) is 7.14. The third-order valence-electron chi connectivity index (χ3n) is 3.09. The molecule has 2 heterocycles. The van der Waals surface area contributed by atoms with Crippen LogP contribution in [0, 0.1) is 19.3 Å². The summed E-state index contributed by atoms with van der Waals surface area (Å²) in [7, 11) is 0. The van der Waals surface area contributed by atoms with Crippen LogP contribution in [-0.4, -0.2) is 16.5 Å². The minimum atomic E-state index is 0.454. The minimum Gasteiger partial charge on any atom is -0.358 e. The SMILES string of the molecule is C#CCNc1ncnc2scc(-c3ccc(C)cc3)c12. The third kappa shape index (κ3) is 2.24. The van der Waals surface area contributed by atoms with Crippen molar-refractivity contribution in [2.45, 2.75) is 6.92 Å². The van der Waals surface area contributed by atoms with Crippen LogP contribution in [0.4, 0.5) is 5.82 Å². The number of rotatable bonds is 3. The Labute approximate surface area is 121 Å². The molecule has 0 aliphatic heterocycles. The highest BCUT2D eigenvalue weighted by Gasteiger charge is 2.12. The first-order valence-electron chi connectivity index (χ1n) is 6.26. The average molecular weight is 279 g/mol. The molecule has 0 saturated heterocycles. The fourth-order valence-electron chi connectivity index (χ4n) is 2.09. The lowest BCUT2D eigenvalue weighted by Crippen LogP contribution is -2.01. The van der Waals surface area contributed by atoms with Crippen LogP contribution < -0.4 is 5.32 Å². The predicted octanol–water partition coefficient (Wildman–Crippen LogP) is 3.71. The Morgan fingerprint density at radius 2 is 2.05 bits per heavy atom. The molecule has 3 rings (SSSR count). The van der Waals surface area contributed by atoms with Gasteiger partial charge < -0.3 is 5.32 Å². The largest absolute Gasteiger partial charge is 0.358 e. The number of hydrogen-bond acceptors (Lipinski definition) is 4. The molecule has 0 amide bonds.